The first-order valence-corrected chi connectivity index (χ1v) is 13.3. The smallest absolute Gasteiger partial charge is 0.374 e. The molecule has 1 aliphatic rings. The fourth-order valence-electron chi connectivity index (χ4n) is 4.17. The van der Waals surface area contributed by atoms with Gasteiger partial charge in [0, 0.05) is 35.2 Å². The summed E-state index contributed by atoms with van der Waals surface area (Å²) in [5, 5.41) is 2.59. The van der Waals surface area contributed by atoms with Gasteiger partial charge in [0.05, 0.1) is 22.3 Å². The van der Waals surface area contributed by atoms with Crippen LogP contribution >= 0.6 is 46.1 Å². The Kier molecular flexibility index (Phi) is 8.28. The Bertz CT molecular complexity index is 1390. The molecule has 2 aromatic carbocycles. The van der Waals surface area contributed by atoms with Crippen LogP contribution in [0.3, 0.4) is 0 Å². The van der Waals surface area contributed by atoms with Gasteiger partial charge in [0.1, 0.15) is 0 Å². The lowest BCUT2D eigenvalue weighted by molar-refractivity contribution is -0.275. The van der Waals surface area contributed by atoms with Crippen LogP contribution in [0.15, 0.2) is 41.7 Å². The predicted octanol–water partition coefficient (Wildman–Crippen LogP) is 8.19. The molecule has 1 amide bonds. The van der Waals surface area contributed by atoms with Crippen LogP contribution in [0.25, 0.3) is 0 Å². The van der Waals surface area contributed by atoms with Crippen LogP contribution in [0.2, 0.25) is 14.5 Å². The fraction of sp³-hybridized carbons (Fsp3) is 0.320. The van der Waals surface area contributed by atoms with Crippen LogP contribution in [0.4, 0.5) is 17.6 Å². The topological polar surface area (TPSA) is 54.8 Å². The van der Waals surface area contributed by atoms with E-state index in [2.05, 4.69) is 10.1 Å². The Morgan fingerprint density at radius 1 is 1.18 bits per heavy atom. The lowest BCUT2D eigenvalue weighted by atomic mass is 9.86. The second-order valence-corrected chi connectivity index (χ2v) is 11.2. The number of benzene rings is 2. The average Bonchev–Trinajstić information content (AvgIpc) is 3.48. The van der Waals surface area contributed by atoms with Crippen molar-refractivity contribution in [3.63, 3.8) is 0 Å². The molecular formula is C25H20Cl3F4N3O2S. The Hall–Kier alpha value is -2.40. The van der Waals surface area contributed by atoms with Gasteiger partial charge in [-0.25, -0.2) is 9.37 Å². The average molecular weight is 609 g/mol. The zero-order valence-corrected chi connectivity index (χ0v) is 23.1. The van der Waals surface area contributed by atoms with Crippen LogP contribution in [0.5, 0.6) is 0 Å². The molecule has 0 bridgehead atoms. The van der Waals surface area contributed by atoms with Crippen LogP contribution in [0.1, 0.15) is 51.7 Å². The summed E-state index contributed by atoms with van der Waals surface area (Å²) in [4.78, 5) is 24.8. The Morgan fingerprint density at radius 3 is 2.42 bits per heavy atom. The number of carbonyl (C=O) groups excluding carboxylic acids is 1. The van der Waals surface area contributed by atoms with Crippen molar-refractivity contribution in [2.45, 2.75) is 45.0 Å². The third-order valence-corrected chi connectivity index (χ3v) is 7.73. The number of aromatic nitrogens is 1. The van der Waals surface area contributed by atoms with Gasteiger partial charge in [-0.1, -0.05) is 52.9 Å². The number of aryl methyl sites for hydroxylation is 1. The fourth-order valence-corrected chi connectivity index (χ4v) is 5.65. The van der Waals surface area contributed by atoms with E-state index in [4.69, 9.17) is 39.6 Å². The van der Waals surface area contributed by atoms with Gasteiger partial charge < -0.3 is 9.74 Å². The highest BCUT2D eigenvalue weighted by atomic mass is 35.5. The molecule has 3 aromatic rings. The van der Waals surface area contributed by atoms with Crippen molar-refractivity contribution in [2.75, 3.05) is 6.54 Å². The molecule has 2 heterocycles. The molecule has 1 atom stereocenters. The summed E-state index contributed by atoms with van der Waals surface area (Å²) in [6.07, 6.45) is -3.28. The first-order chi connectivity index (χ1) is 17.9. The summed E-state index contributed by atoms with van der Waals surface area (Å²) in [5.41, 5.74) is -2.07. The first-order valence-electron chi connectivity index (χ1n) is 11.3. The lowest BCUT2D eigenvalue weighted by Crippen LogP contribution is -2.42. The molecule has 202 valence electrons. The van der Waals surface area contributed by atoms with Gasteiger partial charge >= 0.3 is 6.18 Å². The molecule has 0 aliphatic carbocycles. The van der Waals surface area contributed by atoms with Crippen molar-refractivity contribution >= 4 is 57.8 Å². The number of nitrogens with zero attached hydrogens (tertiary/aromatic N) is 3. The molecule has 5 nitrogen and oxygen atoms in total. The molecule has 4 rings (SSSR count). The van der Waals surface area contributed by atoms with E-state index >= 15 is 0 Å². The molecule has 0 spiro atoms. The quantitative estimate of drug-likeness (QED) is 0.201. The van der Waals surface area contributed by atoms with Gasteiger partial charge in [-0.15, -0.1) is 11.3 Å². The highest BCUT2D eigenvalue weighted by Crippen LogP contribution is 2.50. The molecule has 0 N–H and O–H groups in total. The minimum Gasteiger partial charge on any atom is -0.374 e. The Balaban J connectivity index is 1.61. The minimum atomic E-state index is -4.92. The van der Waals surface area contributed by atoms with Crippen molar-refractivity contribution in [1.29, 1.82) is 0 Å². The number of rotatable bonds is 7. The number of oxime groups is 1. The number of amides is 1. The molecule has 0 saturated carbocycles. The van der Waals surface area contributed by atoms with Gasteiger partial charge in [0.25, 0.3) is 11.5 Å². The zero-order chi connectivity index (χ0) is 27.8. The van der Waals surface area contributed by atoms with Gasteiger partial charge in [-0.3, -0.25) is 4.79 Å². The summed E-state index contributed by atoms with van der Waals surface area (Å²) in [6.45, 7) is 4.46. The highest BCUT2D eigenvalue weighted by Gasteiger charge is 2.62. The maximum absolute atomic E-state index is 14.3. The maximum atomic E-state index is 14.3. The minimum absolute atomic E-state index is 0.00529. The lowest BCUT2D eigenvalue weighted by Gasteiger charge is -2.29. The van der Waals surface area contributed by atoms with Gasteiger partial charge in [0.15, 0.2) is 10.3 Å². The Labute approximate surface area is 235 Å². The van der Waals surface area contributed by atoms with E-state index < -0.39 is 39.6 Å². The van der Waals surface area contributed by atoms with Crippen molar-refractivity contribution in [1.82, 2.24) is 9.88 Å². The van der Waals surface area contributed by atoms with Crippen LogP contribution < -0.4 is 0 Å². The third-order valence-electron chi connectivity index (χ3n) is 6.08. The number of hydrogen-bond donors (Lipinski definition) is 0. The summed E-state index contributed by atoms with van der Waals surface area (Å²) < 4.78 is 57.2. The van der Waals surface area contributed by atoms with E-state index in [-0.39, 0.29) is 11.6 Å². The molecule has 1 aromatic heterocycles. The monoisotopic (exact) mass is 607 g/mol. The number of carbonyl (C=O) groups is 1. The molecule has 0 saturated heterocycles. The van der Waals surface area contributed by atoms with E-state index in [9.17, 15) is 22.4 Å². The van der Waals surface area contributed by atoms with E-state index in [0.717, 1.165) is 23.4 Å². The van der Waals surface area contributed by atoms with Crippen LogP contribution in [-0.2, 0) is 17.0 Å². The number of alkyl halides is 3. The summed E-state index contributed by atoms with van der Waals surface area (Å²) in [6, 6.07) is 6.32. The molecule has 13 heteroatoms. The van der Waals surface area contributed by atoms with Gasteiger partial charge in [-0.05, 0) is 48.7 Å². The summed E-state index contributed by atoms with van der Waals surface area (Å²) >= 11 is 18.7. The maximum Gasteiger partial charge on any atom is 0.435 e. The van der Waals surface area contributed by atoms with Crippen molar-refractivity contribution in [2.24, 2.45) is 5.16 Å². The molecule has 0 radical (unpaired) electrons. The SMILES string of the molecule is CCCN(Cc1cnc(Cl)s1)C(=O)c1ccc(C2=NOC(c3cc(Cl)c(F)c(Cl)c3)(C(F)(F)F)C2)cc1C. The molecule has 38 heavy (non-hydrogen) atoms. The van der Waals surface area contributed by atoms with Crippen molar-refractivity contribution < 1.29 is 27.2 Å². The van der Waals surface area contributed by atoms with E-state index in [0.29, 0.717) is 34.2 Å². The number of hydrogen-bond acceptors (Lipinski definition) is 5. The molecule has 1 unspecified atom stereocenters. The second kappa shape index (κ2) is 11.0. The van der Waals surface area contributed by atoms with E-state index in [1.165, 1.54) is 17.4 Å². The molecular weight excluding hydrogens is 589 g/mol. The highest BCUT2D eigenvalue weighted by molar-refractivity contribution is 7.15. The van der Waals surface area contributed by atoms with Gasteiger partial charge in [-0.2, -0.15) is 13.2 Å². The summed E-state index contributed by atoms with van der Waals surface area (Å²) in [7, 11) is 0. The largest absolute Gasteiger partial charge is 0.435 e. The first kappa shape index (κ1) is 28.6. The van der Waals surface area contributed by atoms with Crippen LogP contribution in [0, 0.1) is 12.7 Å². The number of thiazole rings is 1. The normalized spacial score (nSPS) is 17.3. The van der Waals surface area contributed by atoms with E-state index in [1.807, 2.05) is 6.92 Å². The summed E-state index contributed by atoms with van der Waals surface area (Å²) in [5.74, 6) is -1.26. The molecule has 0 fully saturated rings. The van der Waals surface area contributed by atoms with Gasteiger partial charge in [0.2, 0.25) is 0 Å². The standard InChI is InChI=1S/C25H20Cl3F4N3O2S/c1-3-6-35(12-16-11-33-23(28)38-16)22(36)17-5-4-14(7-13(17)2)20-10-24(37-34-20,25(30,31)32)15-8-18(26)21(29)19(27)9-15/h4-5,7-9,11H,3,6,10,12H2,1-2H3. The molecule has 1 aliphatic heterocycles. The van der Waals surface area contributed by atoms with Crippen molar-refractivity contribution in [3.05, 3.63) is 84.0 Å². The second-order valence-electron chi connectivity index (χ2n) is 8.72. The zero-order valence-electron chi connectivity index (χ0n) is 20.0. The van der Waals surface area contributed by atoms with Crippen molar-refractivity contribution in [3.8, 4) is 0 Å². The van der Waals surface area contributed by atoms with Crippen LogP contribution in [-0.4, -0.2) is 34.2 Å². The number of halogens is 7. The third kappa shape index (κ3) is 5.50. The predicted molar refractivity (Wildman–Crippen MR) is 140 cm³/mol. The Morgan fingerprint density at radius 2 is 1.87 bits per heavy atom. The van der Waals surface area contributed by atoms with E-state index in [1.54, 1.807) is 30.2 Å².